The van der Waals surface area contributed by atoms with E-state index in [9.17, 15) is 16.8 Å². The summed E-state index contributed by atoms with van der Waals surface area (Å²) in [6.45, 7) is -0.134. The van der Waals surface area contributed by atoms with Crippen LogP contribution in [0, 0.1) is 0 Å². The Kier molecular flexibility index (Phi) is 4.29. The molecule has 1 aliphatic heterocycles. The SMILES string of the molecule is Nc1ccc(S(=O)(=O)NCC2CCCS2(=O)=O)c(Cl)c1. The first-order valence-corrected chi connectivity index (χ1v) is 9.56. The highest BCUT2D eigenvalue weighted by Crippen LogP contribution is 2.24. The maximum absolute atomic E-state index is 12.1. The highest BCUT2D eigenvalue weighted by molar-refractivity contribution is 7.92. The van der Waals surface area contributed by atoms with E-state index >= 15 is 0 Å². The molecule has 0 radical (unpaired) electrons. The number of nitrogen functional groups attached to an aromatic ring is 1. The largest absolute Gasteiger partial charge is 0.399 e. The molecule has 0 aliphatic carbocycles. The molecule has 1 atom stereocenters. The number of sulfonamides is 1. The summed E-state index contributed by atoms with van der Waals surface area (Å²) in [6, 6.07) is 4.05. The normalized spacial score (nSPS) is 21.9. The van der Waals surface area contributed by atoms with E-state index in [4.69, 9.17) is 17.3 Å². The van der Waals surface area contributed by atoms with Crippen LogP contribution < -0.4 is 10.5 Å². The van der Waals surface area contributed by atoms with Crippen LogP contribution in [0.15, 0.2) is 23.1 Å². The predicted molar refractivity (Wildman–Crippen MR) is 77.9 cm³/mol. The van der Waals surface area contributed by atoms with Crippen molar-refractivity contribution in [1.29, 1.82) is 0 Å². The number of hydrogen-bond acceptors (Lipinski definition) is 5. The summed E-state index contributed by atoms with van der Waals surface area (Å²) >= 11 is 5.85. The second-order valence-electron chi connectivity index (χ2n) is 4.67. The third-order valence-electron chi connectivity index (χ3n) is 3.21. The zero-order chi connectivity index (χ0) is 15.0. The number of halogens is 1. The average molecular weight is 339 g/mol. The molecule has 0 bridgehead atoms. The molecule has 0 saturated carbocycles. The van der Waals surface area contributed by atoms with Gasteiger partial charge in [0.05, 0.1) is 16.0 Å². The fourth-order valence-electron chi connectivity index (χ4n) is 2.10. The van der Waals surface area contributed by atoms with Gasteiger partial charge in [-0.2, -0.15) is 0 Å². The van der Waals surface area contributed by atoms with Crippen molar-refractivity contribution < 1.29 is 16.8 Å². The molecule has 1 heterocycles. The molecule has 1 fully saturated rings. The topological polar surface area (TPSA) is 106 Å². The van der Waals surface area contributed by atoms with Crippen LogP contribution >= 0.6 is 11.6 Å². The zero-order valence-electron chi connectivity index (χ0n) is 10.5. The predicted octanol–water partition coefficient (Wildman–Crippen LogP) is 0.778. The molecule has 20 heavy (non-hydrogen) atoms. The monoisotopic (exact) mass is 338 g/mol. The maximum atomic E-state index is 12.1. The van der Waals surface area contributed by atoms with Crippen LogP contribution in [-0.4, -0.2) is 34.4 Å². The van der Waals surface area contributed by atoms with Gasteiger partial charge in [0.15, 0.2) is 9.84 Å². The van der Waals surface area contributed by atoms with Crippen molar-refractivity contribution in [2.45, 2.75) is 23.0 Å². The van der Waals surface area contributed by atoms with Crippen LogP contribution in [0.25, 0.3) is 0 Å². The van der Waals surface area contributed by atoms with Crippen molar-refractivity contribution >= 4 is 37.1 Å². The van der Waals surface area contributed by atoms with Gasteiger partial charge in [-0.1, -0.05) is 11.6 Å². The number of anilines is 1. The summed E-state index contributed by atoms with van der Waals surface area (Å²) < 4.78 is 49.8. The minimum atomic E-state index is -3.85. The first-order valence-electron chi connectivity index (χ1n) is 5.99. The Morgan fingerprint density at radius 3 is 2.65 bits per heavy atom. The molecule has 1 aromatic rings. The fraction of sp³-hybridized carbons (Fsp3) is 0.455. The Labute approximate surface area is 123 Å². The van der Waals surface area contributed by atoms with Crippen molar-refractivity contribution in [3.63, 3.8) is 0 Å². The van der Waals surface area contributed by atoms with Gasteiger partial charge in [0.2, 0.25) is 10.0 Å². The Balaban J connectivity index is 2.16. The average Bonchev–Trinajstić information content (AvgIpc) is 2.65. The number of nitrogens with one attached hydrogen (secondary N) is 1. The van der Waals surface area contributed by atoms with E-state index in [0.717, 1.165) is 0 Å². The van der Waals surface area contributed by atoms with Crippen LogP contribution in [0.5, 0.6) is 0 Å². The Hall–Kier alpha value is -0.830. The lowest BCUT2D eigenvalue weighted by molar-refractivity contribution is 0.571. The molecule has 6 nitrogen and oxygen atoms in total. The minimum Gasteiger partial charge on any atom is -0.399 e. The van der Waals surface area contributed by atoms with E-state index in [-0.39, 0.29) is 22.2 Å². The maximum Gasteiger partial charge on any atom is 0.242 e. The number of nitrogens with two attached hydrogens (primary N) is 1. The third kappa shape index (κ3) is 3.25. The quantitative estimate of drug-likeness (QED) is 0.789. The summed E-state index contributed by atoms with van der Waals surface area (Å²) in [7, 11) is -7.04. The number of sulfone groups is 1. The second kappa shape index (κ2) is 5.51. The smallest absolute Gasteiger partial charge is 0.242 e. The van der Waals surface area contributed by atoms with Gasteiger partial charge in [0.1, 0.15) is 4.90 Å². The van der Waals surface area contributed by atoms with Gasteiger partial charge < -0.3 is 5.73 Å². The number of rotatable bonds is 4. The van der Waals surface area contributed by atoms with Crippen LogP contribution in [0.1, 0.15) is 12.8 Å². The summed E-state index contributed by atoms with van der Waals surface area (Å²) in [5.74, 6) is 0.113. The van der Waals surface area contributed by atoms with E-state index in [0.29, 0.717) is 18.5 Å². The highest BCUT2D eigenvalue weighted by Gasteiger charge is 2.32. The van der Waals surface area contributed by atoms with Crippen molar-refractivity contribution in [3.8, 4) is 0 Å². The summed E-state index contributed by atoms with van der Waals surface area (Å²) in [6.07, 6.45) is 1.04. The van der Waals surface area contributed by atoms with Gasteiger partial charge in [0.25, 0.3) is 0 Å². The van der Waals surface area contributed by atoms with E-state index in [1.807, 2.05) is 0 Å². The minimum absolute atomic E-state index is 0.00628. The highest BCUT2D eigenvalue weighted by atomic mass is 35.5. The third-order valence-corrected chi connectivity index (χ3v) is 7.39. The molecule has 2 rings (SSSR count). The van der Waals surface area contributed by atoms with Gasteiger partial charge >= 0.3 is 0 Å². The first-order chi connectivity index (χ1) is 9.22. The molecule has 0 spiro atoms. The lowest BCUT2D eigenvalue weighted by atomic mass is 10.2. The molecule has 0 aromatic heterocycles. The second-order valence-corrected chi connectivity index (χ2v) is 9.22. The van der Waals surface area contributed by atoms with Gasteiger partial charge in [-0.3, -0.25) is 0 Å². The lowest BCUT2D eigenvalue weighted by Gasteiger charge is -2.12. The summed E-state index contributed by atoms with van der Waals surface area (Å²) in [5.41, 5.74) is 5.85. The first kappa shape index (κ1) is 15.6. The van der Waals surface area contributed by atoms with Gasteiger partial charge in [-0.15, -0.1) is 0 Å². The lowest BCUT2D eigenvalue weighted by Crippen LogP contribution is -2.34. The van der Waals surface area contributed by atoms with Crippen molar-refractivity contribution in [2.24, 2.45) is 0 Å². The molecule has 112 valence electrons. The Bertz CT molecular complexity index is 716. The van der Waals surface area contributed by atoms with Crippen LogP contribution in [0.3, 0.4) is 0 Å². The molecule has 1 saturated heterocycles. The molecule has 9 heteroatoms. The van der Waals surface area contributed by atoms with Gasteiger partial charge in [-0.05, 0) is 31.0 Å². The molecular formula is C11H15ClN2O4S2. The Morgan fingerprint density at radius 2 is 2.10 bits per heavy atom. The van der Waals surface area contributed by atoms with E-state index in [2.05, 4.69) is 4.72 Å². The van der Waals surface area contributed by atoms with Crippen molar-refractivity contribution in [2.75, 3.05) is 18.0 Å². The molecule has 3 N–H and O–H groups in total. The summed E-state index contributed by atoms with van der Waals surface area (Å²) in [4.78, 5) is -0.108. The van der Waals surface area contributed by atoms with E-state index in [1.54, 1.807) is 0 Å². The number of benzene rings is 1. The van der Waals surface area contributed by atoms with Gasteiger partial charge in [-0.25, -0.2) is 21.6 Å². The molecule has 1 aromatic carbocycles. The van der Waals surface area contributed by atoms with Crippen LogP contribution in [0.4, 0.5) is 5.69 Å². The fourth-order valence-corrected chi connectivity index (χ4v) is 5.61. The summed E-state index contributed by atoms with van der Waals surface area (Å²) in [5, 5.41) is -0.656. The standard InChI is InChI=1S/C11H15ClN2O4S2/c12-10-6-8(13)3-4-11(10)20(17,18)14-7-9-2-1-5-19(9,15)16/h3-4,6,9,14H,1-2,5,7,13H2. The molecule has 0 amide bonds. The molecular weight excluding hydrogens is 324 g/mol. The Morgan fingerprint density at radius 1 is 1.40 bits per heavy atom. The van der Waals surface area contributed by atoms with Crippen molar-refractivity contribution in [1.82, 2.24) is 4.72 Å². The van der Waals surface area contributed by atoms with E-state index < -0.39 is 25.1 Å². The van der Waals surface area contributed by atoms with Gasteiger partial charge in [0, 0.05) is 12.2 Å². The van der Waals surface area contributed by atoms with E-state index in [1.165, 1.54) is 18.2 Å². The molecule has 1 aliphatic rings. The van der Waals surface area contributed by atoms with Crippen molar-refractivity contribution in [3.05, 3.63) is 23.2 Å². The number of hydrogen-bond donors (Lipinski definition) is 2. The zero-order valence-corrected chi connectivity index (χ0v) is 12.9. The molecule has 1 unspecified atom stereocenters. The van der Waals surface area contributed by atoms with Crippen LogP contribution in [-0.2, 0) is 19.9 Å². The van der Waals surface area contributed by atoms with Crippen LogP contribution in [0.2, 0.25) is 5.02 Å².